The molecule has 0 unspecified atom stereocenters. The monoisotopic (exact) mass is 500 g/mol. The van der Waals surface area contributed by atoms with E-state index in [1.807, 2.05) is 13.0 Å². The summed E-state index contributed by atoms with van der Waals surface area (Å²) in [4.78, 5) is 30.4. The van der Waals surface area contributed by atoms with Gasteiger partial charge in [0, 0.05) is 31.0 Å². The van der Waals surface area contributed by atoms with Gasteiger partial charge in [0.1, 0.15) is 28.6 Å². The van der Waals surface area contributed by atoms with E-state index < -0.39 is 11.5 Å². The summed E-state index contributed by atoms with van der Waals surface area (Å²) < 4.78 is 12.4. The normalized spacial score (nSPS) is 11.3. The summed E-state index contributed by atoms with van der Waals surface area (Å²) >= 11 is 12.2. The van der Waals surface area contributed by atoms with Gasteiger partial charge in [0.2, 0.25) is 5.88 Å². The molecule has 0 saturated carbocycles. The predicted octanol–water partition coefficient (Wildman–Crippen LogP) is 4.55. The Morgan fingerprint density at radius 2 is 2.12 bits per heavy atom. The minimum atomic E-state index is -0.622. The number of hydrogen-bond acceptors (Lipinski definition) is 6. The molecule has 0 aliphatic carbocycles. The second-order valence-electron chi connectivity index (χ2n) is 7.17. The zero-order valence-electron chi connectivity index (χ0n) is 18.6. The fraction of sp³-hybridized carbons (Fsp3) is 0.250. The van der Waals surface area contributed by atoms with Crippen molar-refractivity contribution >= 4 is 40.8 Å². The van der Waals surface area contributed by atoms with Crippen LogP contribution in [0.4, 0.5) is 0 Å². The largest absolute Gasteiger partial charge is 0.437 e. The molecule has 10 heteroatoms. The van der Waals surface area contributed by atoms with E-state index in [0.29, 0.717) is 36.8 Å². The molecule has 34 heavy (non-hydrogen) atoms. The summed E-state index contributed by atoms with van der Waals surface area (Å²) in [6.07, 6.45) is 3.30. The number of nitrogens with zero attached hydrogens (tertiary/aromatic N) is 3. The first-order valence-corrected chi connectivity index (χ1v) is 11.2. The van der Waals surface area contributed by atoms with Crippen molar-refractivity contribution in [2.75, 3.05) is 19.8 Å². The third kappa shape index (κ3) is 5.94. The Morgan fingerprint density at radius 3 is 2.82 bits per heavy atom. The third-order valence-corrected chi connectivity index (χ3v) is 5.29. The van der Waals surface area contributed by atoms with E-state index in [1.54, 1.807) is 31.3 Å². The van der Waals surface area contributed by atoms with Crippen LogP contribution in [0.15, 0.2) is 46.9 Å². The molecule has 176 valence electrons. The number of hydrogen-bond donors (Lipinski definition) is 1. The number of aromatic nitrogens is 2. The smallest absolute Gasteiger partial charge is 0.269 e. The van der Waals surface area contributed by atoms with Crippen LogP contribution in [0.2, 0.25) is 10.0 Å². The Balaban J connectivity index is 2.06. The van der Waals surface area contributed by atoms with E-state index in [0.717, 1.165) is 5.56 Å². The first-order valence-electron chi connectivity index (χ1n) is 10.5. The van der Waals surface area contributed by atoms with Gasteiger partial charge in [-0.1, -0.05) is 29.3 Å². The van der Waals surface area contributed by atoms with E-state index >= 15 is 0 Å². The van der Waals surface area contributed by atoms with Crippen LogP contribution >= 0.6 is 23.2 Å². The highest BCUT2D eigenvalue weighted by molar-refractivity contribution is 6.35. The van der Waals surface area contributed by atoms with E-state index in [-0.39, 0.29) is 27.8 Å². The fourth-order valence-electron chi connectivity index (χ4n) is 3.06. The van der Waals surface area contributed by atoms with Crippen molar-refractivity contribution in [1.29, 1.82) is 5.26 Å². The maximum Gasteiger partial charge on any atom is 0.269 e. The Labute approximate surface area is 206 Å². The van der Waals surface area contributed by atoms with Crippen LogP contribution in [-0.2, 0) is 9.53 Å². The van der Waals surface area contributed by atoms with Crippen molar-refractivity contribution in [2.24, 2.45) is 0 Å². The Morgan fingerprint density at radius 1 is 1.32 bits per heavy atom. The lowest BCUT2D eigenvalue weighted by molar-refractivity contribution is -0.117. The first-order chi connectivity index (χ1) is 16.3. The number of nitrogens with one attached hydrogen (secondary N) is 1. The predicted molar refractivity (Wildman–Crippen MR) is 130 cm³/mol. The second kappa shape index (κ2) is 11.7. The molecule has 0 saturated heterocycles. The van der Waals surface area contributed by atoms with Crippen LogP contribution < -0.4 is 15.6 Å². The number of aryl methyl sites for hydroxylation is 1. The van der Waals surface area contributed by atoms with E-state index in [9.17, 15) is 14.9 Å². The van der Waals surface area contributed by atoms with Crippen molar-refractivity contribution < 1.29 is 14.3 Å². The molecular weight excluding hydrogens is 479 g/mol. The number of ether oxygens (including phenoxy) is 2. The lowest BCUT2D eigenvalue weighted by Gasteiger charge is -2.12. The summed E-state index contributed by atoms with van der Waals surface area (Å²) in [5.74, 6) is -0.506. The van der Waals surface area contributed by atoms with Crippen molar-refractivity contribution in [2.45, 2.75) is 20.3 Å². The number of carbonyl (C=O) groups is 1. The number of fused-ring (bicyclic) bond motifs is 1. The summed E-state index contributed by atoms with van der Waals surface area (Å²) in [5, 5.41) is 12.9. The van der Waals surface area contributed by atoms with Gasteiger partial charge in [0.15, 0.2) is 0 Å². The number of benzene rings is 1. The number of rotatable bonds is 9. The maximum atomic E-state index is 13.3. The molecule has 2 aromatic heterocycles. The Bertz CT molecular complexity index is 1350. The minimum absolute atomic E-state index is 0.0740. The van der Waals surface area contributed by atoms with Gasteiger partial charge < -0.3 is 14.8 Å². The average molecular weight is 501 g/mol. The third-order valence-electron chi connectivity index (χ3n) is 4.76. The second-order valence-corrected chi connectivity index (χ2v) is 8.02. The minimum Gasteiger partial charge on any atom is -0.437 e. The summed E-state index contributed by atoms with van der Waals surface area (Å²) in [7, 11) is 0. The lowest BCUT2D eigenvalue weighted by atomic mass is 10.1. The topological polar surface area (TPSA) is 106 Å². The standard InChI is InChI=1S/C24H22Cl2N4O4/c1-3-33-11-5-9-28-22(31)16(14-27)12-18-23(34-20-8-7-17(25)13-19(20)26)29-21-15(2)6-4-10-30(21)24(18)32/h4,6-8,10,12-13H,3,5,9,11H2,1-2H3,(H,28,31). The zero-order chi connectivity index (χ0) is 24.7. The number of nitriles is 1. The van der Waals surface area contributed by atoms with Crippen molar-refractivity contribution in [3.63, 3.8) is 0 Å². The number of pyridine rings is 1. The molecule has 1 N–H and O–H groups in total. The van der Waals surface area contributed by atoms with Crippen LogP contribution in [0.3, 0.4) is 0 Å². The molecule has 1 amide bonds. The highest BCUT2D eigenvalue weighted by Crippen LogP contribution is 2.32. The molecule has 0 spiro atoms. The van der Waals surface area contributed by atoms with Crippen LogP contribution in [0.1, 0.15) is 24.5 Å². The fourth-order valence-corrected chi connectivity index (χ4v) is 3.51. The zero-order valence-corrected chi connectivity index (χ0v) is 20.1. The SMILES string of the molecule is CCOCCCNC(=O)C(C#N)=Cc1c(Oc2ccc(Cl)cc2Cl)nc2c(C)cccn2c1=O. The molecule has 0 atom stereocenters. The number of amides is 1. The van der Waals surface area contributed by atoms with Gasteiger partial charge in [-0.05, 0) is 56.2 Å². The quantitative estimate of drug-likeness (QED) is 0.262. The Kier molecular flexibility index (Phi) is 8.66. The summed E-state index contributed by atoms with van der Waals surface area (Å²) in [6.45, 7) is 5.06. The molecule has 8 nitrogen and oxygen atoms in total. The summed E-state index contributed by atoms with van der Waals surface area (Å²) in [6, 6.07) is 9.94. The van der Waals surface area contributed by atoms with Gasteiger partial charge in [-0.15, -0.1) is 0 Å². The van der Waals surface area contributed by atoms with Crippen molar-refractivity contribution in [1.82, 2.24) is 14.7 Å². The van der Waals surface area contributed by atoms with Crippen molar-refractivity contribution in [3.05, 3.63) is 73.6 Å². The molecule has 0 aliphatic rings. The molecule has 1 aromatic carbocycles. The molecular formula is C24H22Cl2N4O4. The van der Waals surface area contributed by atoms with Crippen LogP contribution in [0, 0.1) is 18.3 Å². The average Bonchev–Trinajstić information content (AvgIpc) is 2.81. The van der Waals surface area contributed by atoms with Crippen molar-refractivity contribution in [3.8, 4) is 17.7 Å². The summed E-state index contributed by atoms with van der Waals surface area (Å²) in [5.41, 5.74) is 0.245. The molecule has 0 aliphatic heterocycles. The van der Waals surface area contributed by atoms with Gasteiger partial charge in [-0.3, -0.25) is 14.0 Å². The molecule has 0 bridgehead atoms. The van der Waals surface area contributed by atoms with Gasteiger partial charge in [-0.2, -0.15) is 10.2 Å². The van der Waals surface area contributed by atoms with Gasteiger partial charge >= 0.3 is 0 Å². The molecule has 0 fully saturated rings. The first kappa shape index (κ1) is 25.2. The van der Waals surface area contributed by atoms with E-state index in [2.05, 4.69) is 10.3 Å². The molecule has 2 heterocycles. The molecule has 0 radical (unpaired) electrons. The Hall–Kier alpha value is -3.38. The molecule has 3 aromatic rings. The number of halogens is 2. The van der Waals surface area contributed by atoms with Crippen LogP contribution in [0.5, 0.6) is 11.6 Å². The van der Waals surface area contributed by atoms with Crippen LogP contribution in [-0.4, -0.2) is 35.1 Å². The van der Waals surface area contributed by atoms with Gasteiger partial charge in [-0.25, -0.2) is 0 Å². The highest BCUT2D eigenvalue weighted by atomic mass is 35.5. The van der Waals surface area contributed by atoms with Gasteiger partial charge in [0.05, 0.1) is 5.02 Å². The highest BCUT2D eigenvalue weighted by Gasteiger charge is 2.19. The van der Waals surface area contributed by atoms with Gasteiger partial charge in [0.25, 0.3) is 11.5 Å². The van der Waals surface area contributed by atoms with Crippen LogP contribution in [0.25, 0.3) is 11.7 Å². The molecule has 3 rings (SSSR count). The van der Waals surface area contributed by atoms with E-state index in [4.69, 9.17) is 32.7 Å². The van der Waals surface area contributed by atoms with E-state index in [1.165, 1.54) is 22.6 Å². The number of carbonyl (C=O) groups excluding carboxylic acids is 1. The lowest BCUT2D eigenvalue weighted by Crippen LogP contribution is -2.27. The maximum absolute atomic E-state index is 13.3.